The van der Waals surface area contributed by atoms with Crippen molar-refractivity contribution in [3.63, 3.8) is 0 Å². The quantitative estimate of drug-likeness (QED) is 0.787. The third-order valence-corrected chi connectivity index (χ3v) is 3.74. The molecule has 0 bridgehead atoms. The van der Waals surface area contributed by atoms with Crippen LogP contribution in [0.3, 0.4) is 0 Å². The Morgan fingerprint density at radius 2 is 2.18 bits per heavy atom. The van der Waals surface area contributed by atoms with E-state index in [1.165, 1.54) is 0 Å². The number of benzene rings is 1. The number of carbonyl (C=O) groups excluding carboxylic acids is 1. The van der Waals surface area contributed by atoms with Crippen molar-refractivity contribution in [2.24, 2.45) is 11.7 Å². The molecule has 5 nitrogen and oxygen atoms in total. The molecule has 1 aliphatic rings. The lowest BCUT2D eigenvalue weighted by Crippen LogP contribution is -2.34. The van der Waals surface area contributed by atoms with Crippen LogP contribution in [0.1, 0.15) is 25.7 Å². The Balaban J connectivity index is 0.00000242. The summed E-state index contributed by atoms with van der Waals surface area (Å²) >= 11 is 0. The van der Waals surface area contributed by atoms with E-state index in [0.29, 0.717) is 13.2 Å². The van der Waals surface area contributed by atoms with Crippen molar-refractivity contribution in [3.05, 3.63) is 24.3 Å². The van der Waals surface area contributed by atoms with E-state index in [9.17, 15) is 4.79 Å². The predicted molar refractivity (Wildman–Crippen MR) is 89.6 cm³/mol. The molecule has 2 unspecified atom stereocenters. The molecule has 2 atom stereocenters. The van der Waals surface area contributed by atoms with Gasteiger partial charge in [0.1, 0.15) is 12.4 Å². The van der Waals surface area contributed by atoms with Crippen LogP contribution < -0.4 is 15.8 Å². The first-order valence-electron chi connectivity index (χ1n) is 7.47. The lowest BCUT2D eigenvalue weighted by Gasteiger charge is -2.25. The molecular formula is C16H25ClN2O3. The minimum absolute atomic E-state index is 0. The van der Waals surface area contributed by atoms with Crippen molar-refractivity contribution in [1.82, 2.24) is 0 Å². The van der Waals surface area contributed by atoms with Crippen LogP contribution in [0, 0.1) is 5.92 Å². The van der Waals surface area contributed by atoms with E-state index in [1.807, 2.05) is 24.3 Å². The Kier molecular flexibility index (Phi) is 8.24. The molecule has 0 spiro atoms. The summed E-state index contributed by atoms with van der Waals surface area (Å²) in [4.78, 5) is 12.3. The fourth-order valence-electron chi connectivity index (χ4n) is 2.62. The average Bonchev–Trinajstić information content (AvgIpc) is 2.48. The number of methoxy groups -OCH3 is 1. The first kappa shape index (κ1) is 18.7. The highest BCUT2D eigenvalue weighted by Crippen LogP contribution is 2.25. The van der Waals surface area contributed by atoms with Crippen molar-refractivity contribution in [2.45, 2.75) is 31.7 Å². The van der Waals surface area contributed by atoms with Crippen molar-refractivity contribution < 1.29 is 14.3 Å². The van der Waals surface area contributed by atoms with Crippen LogP contribution in [0.15, 0.2) is 24.3 Å². The SMILES string of the molecule is COCCOc1cccc(NC(=O)C2CCCC(N)C2)c1.Cl. The van der Waals surface area contributed by atoms with Crippen LogP contribution in [0.2, 0.25) is 0 Å². The van der Waals surface area contributed by atoms with Gasteiger partial charge >= 0.3 is 0 Å². The first-order chi connectivity index (χ1) is 10.2. The highest BCUT2D eigenvalue weighted by atomic mass is 35.5. The number of carbonyl (C=O) groups is 1. The Labute approximate surface area is 138 Å². The topological polar surface area (TPSA) is 73.6 Å². The number of anilines is 1. The monoisotopic (exact) mass is 328 g/mol. The molecule has 1 saturated carbocycles. The summed E-state index contributed by atoms with van der Waals surface area (Å²) < 4.78 is 10.5. The van der Waals surface area contributed by atoms with Crippen molar-refractivity contribution >= 4 is 24.0 Å². The molecular weight excluding hydrogens is 304 g/mol. The molecule has 1 amide bonds. The molecule has 22 heavy (non-hydrogen) atoms. The van der Waals surface area contributed by atoms with Gasteiger partial charge in [0.05, 0.1) is 6.61 Å². The van der Waals surface area contributed by atoms with Gasteiger partial charge in [-0.2, -0.15) is 0 Å². The maximum absolute atomic E-state index is 12.3. The minimum atomic E-state index is 0. The van der Waals surface area contributed by atoms with Gasteiger partial charge < -0.3 is 20.5 Å². The van der Waals surface area contributed by atoms with Crippen LogP contribution in [-0.4, -0.2) is 32.3 Å². The fourth-order valence-corrected chi connectivity index (χ4v) is 2.62. The van der Waals surface area contributed by atoms with E-state index in [1.54, 1.807) is 7.11 Å². The summed E-state index contributed by atoms with van der Waals surface area (Å²) in [6, 6.07) is 7.57. The molecule has 6 heteroatoms. The van der Waals surface area contributed by atoms with Crippen LogP contribution in [0.5, 0.6) is 5.75 Å². The molecule has 0 radical (unpaired) electrons. The van der Waals surface area contributed by atoms with E-state index in [-0.39, 0.29) is 30.3 Å². The highest BCUT2D eigenvalue weighted by Gasteiger charge is 2.25. The van der Waals surface area contributed by atoms with Gasteiger partial charge in [-0.05, 0) is 31.4 Å². The standard InChI is InChI=1S/C16H24N2O3.ClH/c1-20-8-9-21-15-7-3-6-14(11-15)18-16(19)12-4-2-5-13(17)10-12;/h3,6-7,11-13H,2,4-5,8-10,17H2,1H3,(H,18,19);1H. The number of hydrogen-bond donors (Lipinski definition) is 2. The number of nitrogens with one attached hydrogen (secondary N) is 1. The lowest BCUT2D eigenvalue weighted by molar-refractivity contribution is -0.120. The minimum Gasteiger partial charge on any atom is -0.491 e. The zero-order valence-corrected chi connectivity index (χ0v) is 13.7. The maximum atomic E-state index is 12.3. The molecule has 1 aromatic carbocycles. The zero-order chi connectivity index (χ0) is 15.1. The number of nitrogens with two attached hydrogens (primary N) is 1. The Hall–Kier alpha value is -1.30. The normalized spacial score (nSPS) is 20.8. The molecule has 1 aliphatic carbocycles. The van der Waals surface area contributed by atoms with Crippen LogP contribution in [0.4, 0.5) is 5.69 Å². The third kappa shape index (κ3) is 5.83. The first-order valence-corrected chi connectivity index (χ1v) is 7.47. The Bertz CT molecular complexity index is 470. The molecule has 0 heterocycles. The highest BCUT2D eigenvalue weighted by molar-refractivity contribution is 5.92. The van der Waals surface area contributed by atoms with Gasteiger partial charge in [-0.15, -0.1) is 12.4 Å². The predicted octanol–water partition coefficient (Wildman–Crippen LogP) is 2.59. The Morgan fingerprint density at radius 1 is 1.36 bits per heavy atom. The molecule has 3 N–H and O–H groups in total. The van der Waals surface area contributed by atoms with Gasteiger partial charge in [-0.3, -0.25) is 4.79 Å². The van der Waals surface area contributed by atoms with Gasteiger partial charge in [0.25, 0.3) is 0 Å². The third-order valence-electron chi connectivity index (χ3n) is 3.74. The largest absolute Gasteiger partial charge is 0.491 e. The van der Waals surface area contributed by atoms with Crippen LogP contribution >= 0.6 is 12.4 Å². The molecule has 0 aliphatic heterocycles. The van der Waals surface area contributed by atoms with Crippen molar-refractivity contribution in [3.8, 4) is 5.75 Å². The summed E-state index contributed by atoms with van der Waals surface area (Å²) in [5, 5.41) is 2.96. The van der Waals surface area contributed by atoms with Gasteiger partial charge in [-0.25, -0.2) is 0 Å². The molecule has 1 aromatic rings. The molecule has 0 aromatic heterocycles. The molecule has 2 rings (SSSR count). The second kappa shape index (κ2) is 9.66. The summed E-state index contributed by atoms with van der Waals surface area (Å²) in [5.41, 5.74) is 6.69. The van der Waals surface area contributed by atoms with E-state index in [4.69, 9.17) is 15.2 Å². The zero-order valence-electron chi connectivity index (χ0n) is 12.9. The van der Waals surface area contributed by atoms with Crippen molar-refractivity contribution in [2.75, 3.05) is 25.6 Å². The van der Waals surface area contributed by atoms with Crippen LogP contribution in [-0.2, 0) is 9.53 Å². The number of hydrogen-bond acceptors (Lipinski definition) is 4. The summed E-state index contributed by atoms with van der Waals surface area (Å²) in [6.07, 6.45) is 3.74. The summed E-state index contributed by atoms with van der Waals surface area (Å²) in [6.45, 7) is 1.03. The molecule has 1 fully saturated rings. The Morgan fingerprint density at radius 3 is 2.91 bits per heavy atom. The molecule has 124 valence electrons. The van der Waals surface area contributed by atoms with Gasteiger partial charge in [0.2, 0.25) is 5.91 Å². The molecule has 0 saturated heterocycles. The number of amides is 1. The lowest BCUT2D eigenvalue weighted by atomic mass is 9.85. The van der Waals surface area contributed by atoms with Crippen LogP contribution in [0.25, 0.3) is 0 Å². The van der Waals surface area contributed by atoms with Gasteiger partial charge in [0, 0.05) is 30.8 Å². The van der Waals surface area contributed by atoms with E-state index < -0.39 is 0 Å². The maximum Gasteiger partial charge on any atom is 0.227 e. The van der Waals surface area contributed by atoms with E-state index in [2.05, 4.69) is 5.32 Å². The van der Waals surface area contributed by atoms with Crippen molar-refractivity contribution in [1.29, 1.82) is 0 Å². The number of halogens is 1. The number of rotatable bonds is 6. The average molecular weight is 329 g/mol. The smallest absolute Gasteiger partial charge is 0.227 e. The van der Waals surface area contributed by atoms with Gasteiger partial charge in [-0.1, -0.05) is 12.5 Å². The summed E-state index contributed by atoms with van der Waals surface area (Å²) in [7, 11) is 1.63. The number of ether oxygens (including phenoxy) is 2. The van der Waals surface area contributed by atoms with Gasteiger partial charge in [0.15, 0.2) is 0 Å². The second-order valence-electron chi connectivity index (χ2n) is 5.48. The van der Waals surface area contributed by atoms with E-state index in [0.717, 1.165) is 37.1 Å². The van der Waals surface area contributed by atoms with E-state index >= 15 is 0 Å². The summed E-state index contributed by atoms with van der Waals surface area (Å²) in [5.74, 6) is 0.802. The second-order valence-corrected chi connectivity index (χ2v) is 5.48. The fraction of sp³-hybridized carbons (Fsp3) is 0.562.